The summed E-state index contributed by atoms with van der Waals surface area (Å²) in [6.07, 6.45) is 10.9. The van der Waals surface area contributed by atoms with E-state index in [0.29, 0.717) is 23.9 Å². The van der Waals surface area contributed by atoms with Crippen LogP contribution in [0.3, 0.4) is 0 Å². The summed E-state index contributed by atoms with van der Waals surface area (Å²) in [7, 11) is 0. The third kappa shape index (κ3) is 3.30. The van der Waals surface area contributed by atoms with Crippen LogP contribution < -0.4 is 5.32 Å². The molecule has 0 radical (unpaired) electrons. The SMILES string of the molecule is O=C(NCCc1cccnc1)C1CCCn2c(-c3cnccn3)nnc21. The normalized spacial score (nSPS) is 16.1. The summed E-state index contributed by atoms with van der Waals surface area (Å²) < 4.78 is 1.98. The van der Waals surface area contributed by atoms with Crippen molar-refractivity contribution in [2.24, 2.45) is 0 Å². The number of nitrogens with zero attached hydrogens (tertiary/aromatic N) is 6. The lowest BCUT2D eigenvalue weighted by molar-refractivity contribution is -0.123. The van der Waals surface area contributed by atoms with E-state index in [9.17, 15) is 4.79 Å². The van der Waals surface area contributed by atoms with Crippen LogP contribution in [0, 0.1) is 0 Å². The third-order valence-corrected chi connectivity index (χ3v) is 4.51. The molecule has 1 N–H and O–H groups in total. The van der Waals surface area contributed by atoms with Crippen molar-refractivity contribution in [3.63, 3.8) is 0 Å². The van der Waals surface area contributed by atoms with Crippen LogP contribution in [0.4, 0.5) is 0 Å². The first-order valence-corrected chi connectivity index (χ1v) is 8.69. The summed E-state index contributed by atoms with van der Waals surface area (Å²) in [5.41, 5.74) is 1.77. The van der Waals surface area contributed by atoms with Crippen LogP contribution in [0.25, 0.3) is 11.5 Å². The molecule has 0 saturated carbocycles. The predicted molar refractivity (Wildman–Crippen MR) is 94.0 cm³/mol. The van der Waals surface area contributed by atoms with E-state index in [2.05, 4.69) is 30.5 Å². The van der Waals surface area contributed by atoms with Crippen LogP contribution in [0.5, 0.6) is 0 Å². The van der Waals surface area contributed by atoms with Crippen molar-refractivity contribution in [1.29, 1.82) is 0 Å². The summed E-state index contributed by atoms with van der Waals surface area (Å²) in [5.74, 6) is 1.08. The first-order valence-electron chi connectivity index (χ1n) is 8.69. The van der Waals surface area contributed by atoms with Gasteiger partial charge in [-0.3, -0.25) is 14.8 Å². The maximum absolute atomic E-state index is 12.7. The fourth-order valence-electron chi connectivity index (χ4n) is 3.23. The first-order chi connectivity index (χ1) is 12.8. The minimum absolute atomic E-state index is 0.00654. The third-order valence-electron chi connectivity index (χ3n) is 4.51. The van der Waals surface area contributed by atoms with Crippen molar-refractivity contribution in [3.8, 4) is 11.5 Å². The van der Waals surface area contributed by atoms with E-state index >= 15 is 0 Å². The van der Waals surface area contributed by atoms with E-state index in [0.717, 1.165) is 31.4 Å². The zero-order valence-electron chi connectivity index (χ0n) is 14.2. The fraction of sp³-hybridized carbons (Fsp3) is 0.333. The van der Waals surface area contributed by atoms with Crippen molar-refractivity contribution in [3.05, 3.63) is 54.5 Å². The summed E-state index contributed by atoms with van der Waals surface area (Å²) in [6.45, 7) is 1.36. The van der Waals surface area contributed by atoms with E-state index in [1.165, 1.54) is 0 Å². The molecule has 4 heterocycles. The highest BCUT2D eigenvalue weighted by Crippen LogP contribution is 2.29. The number of carbonyl (C=O) groups excluding carboxylic acids is 1. The molecular formula is C18H19N7O. The maximum atomic E-state index is 12.7. The molecule has 0 spiro atoms. The molecule has 1 amide bonds. The van der Waals surface area contributed by atoms with E-state index < -0.39 is 0 Å². The Morgan fingerprint density at radius 3 is 2.92 bits per heavy atom. The van der Waals surface area contributed by atoms with Gasteiger partial charge in [0.25, 0.3) is 0 Å². The highest BCUT2D eigenvalue weighted by Gasteiger charge is 2.31. The zero-order chi connectivity index (χ0) is 17.8. The van der Waals surface area contributed by atoms with Gasteiger partial charge in [0, 0.05) is 37.9 Å². The second-order valence-electron chi connectivity index (χ2n) is 6.22. The Morgan fingerprint density at radius 1 is 1.19 bits per heavy atom. The molecule has 0 aliphatic carbocycles. The summed E-state index contributed by atoms with van der Waals surface area (Å²) in [5, 5.41) is 11.5. The molecule has 1 atom stereocenters. The summed E-state index contributed by atoms with van der Waals surface area (Å²) >= 11 is 0. The number of pyridine rings is 1. The first kappa shape index (κ1) is 16.3. The van der Waals surface area contributed by atoms with Gasteiger partial charge in [0.05, 0.1) is 12.1 Å². The second-order valence-corrected chi connectivity index (χ2v) is 6.22. The van der Waals surface area contributed by atoms with Gasteiger partial charge in [-0.25, -0.2) is 4.98 Å². The number of rotatable bonds is 5. The van der Waals surface area contributed by atoms with Gasteiger partial charge in [0.15, 0.2) is 5.82 Å². The quantitative estimate of drug-likeness (QED) is 0.747. The molecule has 0 saturated heterocycles. The second kappa shape index (κ2) is 7.38. The topological polar surface area (TPSA) is 98.5 Å². The number of hydrogen-bond acceptors (Lipinski definition) is 6. The highest BCUT2D eigenvalue weighted by molar-refractivity contribution is 5.83. The van der Waals surface area contributed by atoms with E-state index in [4.69, 9.17) is 0 Å². The molecule has 0 aromatic carbocycles. The van der Waals surface area contributed by atoms with Crippen molar-refractivity contribution in [1.82, 2.24) is 35.0 Å². The number of nitrogens with one attached hydrogen (secondary N) is 1. The Kier molecular flexibility index (Phi) is 4.63. The Labute approximate surface area is 150 Å². The molecule has 3 aromatic heterocycles. The lowest BCUT2D eigenvalue weighted by Crippen LogP contribution is -2.34. The Morgan fingerprint density at radius 2 is 2.12 bits per heavy atom. The van der Waals surface area contributed by atoms with Gasteiger partial charge < -0.3 is 9.88 Å². The van der Waals surface area contributed by atoms with Crippen molar-refractivity contribution in [2.75, 3.05) is 6.54 Å². The van der Waals surface area contributed by atoms with Gasteiger partial charge >= 0.3 is 0 Å². The standard InChI is InChI=1S/C18H19N7O/c26-18(22-7-5-13-3-1-6-19-11-13)14-4-2-10-25-16(14)23-24-17(25)15-12-20-8-9-21-15/h1,3,6,8-9,11-12,14H,2,4-5,7,10H2,(H,22,26). The molecule has 1 aliphatic heterocycles. The largest absolute Gasteiger partial charge is 0.355 e. The number of fused-ring (bicyclic) bond motifs is 1. The van der Waals surface area contributed by atoms with Crippen LogP contribution in [-0.4, -0.2) is 42.2 Å². The number of hydrogen-bond donors (Lipinski definition) is 1. The monoisotopic (exact) mass is 349 g/mol. The Bertz CT molecular complexity index is 879. The van der Waals surface area contributed by atoms with Crippen LogP contribution in [0.15, 0.2) is 43.1 Å². The van der Waals surface area contributed by atoms with Crippen molar-refractivity contribution >= 4 is 5.91 Å². The molecule has 132 valence electrons. The molecule has 0 fully saturated rings. The van der Waals surface area contributed by atoms with E-state index in [1.807, 2.05) is 22.9 Å². The van der Waals surface area contributed by atoms with Gasteiger partial charge in [-0.15, -0.1) is 10.2 Å². The molecular weight excluding hydrogens is 330 g/mol. The molecule has 8 heteroatoms. The molecule has 4 rings (SSSR count). The van der Waals surface area contributed by atoms with Gasteiger partial charge in [-0.2, -0.15) is 0 Å². The van der Waals surface area contributed by atoms with Gasteiger partial charge in [-0.1, -0.05) is 6.07 Å². The summed E-state index contributed by atoms with van der Waals surface area (Å²) in [4.78, 5) is 25.1. The summed E-state index contributed by atoms with van der Waals surface area (Å²) in [6, 6.07) is 3.90. The maximum Gasteiger partial charge on any atom is 0.230 e. The van der Waals surface area contributed by atoms with Crippen molar-refractivity contribution in [2.45, 2.75) is 31.7 Å². The zero-order valence-corrected chi connectivity index (χ0v) is 14.2. The van der Waals surface area contributed by atoms with Crippen LogP contribution in [0.1, 0.15) is 30.1 Å². The molecule has 1 aliphatic rings. The predicted octanol–water partition coefficient (Wildman–Crippen LogP) is 1.37. The van der Waals surface area contributed by atoms with Gasteiger partial charge in [-0.05, 0) is 30.9 Å². The average molecular weight is 349 g/mol. The molecule has 8 nitrogen and oxygen atoms in total. The minimum Gasteiger partial charge on any atom is -0.355 e. The van der Waals surface area contributed by atoms with E-state index in [1.54, 1.807) is 24.8 Å². The van der Waals surface area contributed by atoms with Crippen LogP contribution in [0.2, 0.25) is 0 Å². The Hall–Kier alpha value is -3.16. The van der Waals surface area contributed by atoms with Gasteiger partial charge in [0.1, 0.15) is 11.5 Å². The van der Waals surface area contributed by atoms with Gasteiger partial charge in [0.2, 0.25) is 5.91 Å². The van der Waals surface area contributed by atoms with E-state index in [-0.39, 0.29) is 11.8 Å². The number of carbonyl (C=O) groups is 1. The smallest absolute Gasteiger partial charge is 0.230 e. The van der Waals surface area contributed by atoms with Crippen LogP contribution in [-0.2, 0) is 17.8 Å². The molecule has 1 unspecified atom stereocenters. The Balaban J connectivity index is 1.46. The molecule has 26 heavy (non-hydrogen) atoms. The lowest BCUT2D eigenvalue weighted by atomic mass is 9.97. The molecule has 0 bridgehead atoms. The average Bonchev–Trinajstić information content (AvgIpc) is 3.13. The lowest BCUT2D eigenvalue weighted by Gasteiger charge is -2.22. The minimum atomic E-state index is -0.282. The number of aromatic nitrogens is 6. The highest BCUT2D eigenvalue weighted by atomic mass is 16.1. The van der Waals surface area contributed by atoms with Crippen LogP contribution >= 0.6 is 0 Å². The van der Waals surface area contributed by atoms with Crippen molar-refractivity contribution < 1.29 is 4.79 Å². The fourth-order valence-corrected chi connectivity index (χ4v) is 3.23. The molecule has 3 aromatic rings. The number of amides is 1.